The minimum atomic E-state index is -4.82. The summed E-state index contributed by atoms with van der Waals surface area (Å²) in [4.78, 5) is 11.8. The van der Waals surface area contributed by atoms with Crippen LogP contribution in [0.4, 0.5) is 18.9 Å². The Hall–Kier alpha value is -1.76. The molecule has 1 amide bonds. The molecular formula is C12H14F3NO3. The van der Waals surface area contributed by atoms with Crippen molar-refractivity contribution < 1.29 is 27.4 Å². The maximum absolute atomic E-state index is 12.2. The van der Waals surface area contributed by atoms with E-state index < -0.39 is 23.6 Å². The van der Waals surface area contributed by atoms with Crippen LogP contribution >= 0.6 is 0 Å². The molecule has 0 heterocycles. The van der Waals surface area contributed by atoms with Crippen molar-refractivity contribution in [1.29, 1.82) is 0 Å². The van der Waals surface area contributed by atoms with E-state index in [1.54, 1.807) is 0 Å². The molecule has 0 aliphatic rings. The summed E-state index contributed by atoms with van der Waals surface area (Å²) in [6, 6.07) is 5.28. The molecule has 1 aromatic carbocycles. The normalized spacial score (nSPS) is 12.1. The van der Waals surface area contributed by atoms with Gasteiger partial charge in [-0.05, 0) is 26.0 Å². The Kier molecular flexibility index (Phi) is 4.41. The van der Waals surface area contributed by atoms with Gasteiger partial charge >= 0.3 is 6.36 Å². The fourth-order valence-electron chi connectivity index (χ4n) is 1.15. The summed E-state index contributed by atoms with van der Waals surface area (Å²) in [6.45, 7) is 2.99. The van der Waals surface area contributed by atoms with Crippen molar-refractivity contribution in [3.63, 3.8) is 0 Å². The van der Waals surface area contributed by atoms with E-state index in [9.17, 15) is 18.0 Å². The molecule has 0 fully saturated rings. The summed E-state index contributed by atoms with van der Waals surface area (Å²) in [5.74, 6) is -1.05. The maximum atomic E-state index is 12.2. The highest BCUT2D eigenvalue weighted by Gasteiger charge is 2.33. The number of ether oxygens (including phenoxy) is 2. The van der Waals surface area contributed by atoms with Crippen LogP contribution in [0.2, 0.25) is 0 Å². The largest absolute Gasteiger partial charge is 0.573 e. The topological polar surface area (TPSA) is 47.6 Å². The molecule has 4 nitrogen and oxygen atoms in total. The number of hydrogen-bond acceptors (Lipinski definition) is 3. The summed E-state index contributed by atoms with van der Waals surface area (Å²) in [5, 5.41) is 2.34. The maximum Gasteiger partial charge on any atom is 0.573 e. The van der Waals surface area contributed by atoms with E-state index in [0.29, 0.717) is 0 Å². The molecule has 1 rings (SSSR count). The van der Waals surface area contributed by atoms with E-state index in [0.717, 1.165) is 6.07 Å². The fourth-order valence-corrected chi connectivity index (χ4v) is 1.15. The number of hydrogen-bond donors (Lipinski definition) is 1. The first-order valence-electron chi connectivity index (χ1n) is 5.37. The van der Waals surface area contributed by atoms with Crippen LogP contribution in [0.1, 0.15) is 13.8 Å². The Morgan fingerprint density at radius 1 is 1.21 bits per heavy atom. The van der Waals surface area contributed by atoms with Gasteiger partial charge in [0.25, 0.3) is 5.91 Å². The van der Waals surface area contributed by atoms with Gasteiger partial charge in [0.2, 0.25) is 0 Å². The smallest absolute Gasteiger partial charge is 0.404 e. The number of carbonyl (C=O) groups is 1. The van der Waals surface area contributed by atoms with Crippen molar-refractivity contribution in [2.24, 2.45) is 0 Å². The number of benzene rings is 1. The zero-order valence-electron chi connectivity index (χ0n) is 10.7. The van der Waals surface area contributed by atoms with Crippen molar-refractivity contribution in [1.82, 2.24) is 0 Å². The number of carbonyl (C=O) groups excluding carboxylic acids is 1. The lowest BCUT2D eigenvalue weighted by molar-refractivity contribution is -0.274. The average Bonchev–Trinajstić information content (AvgIpc) is 2.29. The molecule has 7 heteroatoms. The molecule has 0 aliphatic carbocycles. The van der Waals surface area contributed by atoms with Crippen LogP contribution in [0.3, 0.4) is 0 Å². The third-order valence-corrected chi connectivity index (χ3v) is 2.42. The number of anilines is 1. The number of rotatable bonds is 4. The lowest BCUT2D eigenvalue weighted by atomic mass is 10.1. The minimum absolute atomic E-state index is 0.0741. The van der Waals surface area contributed by atoms with Crippen LogP contribution in [0, 0.1) is 0 Å². The highest BCUT2D eigenvalue weighted by Crippen LogP contribution is 2.30. The number of para-hydroxylation sites is 2. The van der Waals surface area contributed by atoms with Crippen LogP contribution in [0.5, 0.6) is 5.75 Å². The highest BCUT2D eigenvalue weighted by atomic mass is 19.4. The average molecular weight is 277 g/mol. The van der Waals surface area contributed by atoms with Gasteiger partial charge in [0, 0.05) is 7.11 Å². The minimum Gasteiger partial charge on any atom is -0.404 e. The molecule has 0 bridgehead atoms. The van der Waals surface area contributed by atoms with Gasteiger partial charge in [0.1, 0.15) is 5.60 Å². The van der Waals surface area contributed by atoms with Crippen molar-refractivity contribution in [3.05, 3.63) is 24.3 Å². The Labute approximate surface area is 108 Å². The molecule has 0 saturated carbocycles. The Morgan fingerprint density at radius 2 is 1.79 bits per heavy atom. The molecule has 0 radical (unpaired) electrons. The van der Waals surface area contributed by atoms with Gasteiger partial charge in [-0.1, -0.05) is 12.1 Å². The third-order valence-electron chi connectivity index (χ3n) is 2.42. The summed E-state index contributed by atoms with van der Waals surface area (Å²) >= 11 is 0. The molecule has 0 unspecified atom stereocenters. The highest BCUT2D eigenvalue weighted by molar-refractivity contribution is 5.97. The van der Waals surface area contributed by atoms with Crippen LogP contribution in [0.25, 0.3) is 0 Å². The van der Waals surface area contributed by atoms with E-state index in [1.165, 1.54) is 39.2 Å². The van der Waals surface area contributed by atoms with Crippen LogP contribution in [0.15, 0.2) is 24.3 Å². The van der Waals surface area contributed by atoms with Crippen molar-refractivity contribution in [2.45, 2.75) is 25.8 Å². The van der Waals surface area contributed by atoms with Gasteiger partial charge in [-0.3, -0.25) is 4.79 Å². The monoisotopic (exact) mass is 277 g/mol. The molecule has 1 aromatic rings. The lowest BCUT2D eigenvalue weighted by Gasteiger charge is -2.22. The van der Waals surface area contributed by atoms with E-state index in [2.05, 4.69) is 10.1 Å². The molecule has 1 N–H and O–H groups in total. The molecule has 0 aliphatic heterocycles. The number of nitrogens with one attached hydrogen (secondary N) is 1. The molecule has 0 saturated heterocycles. The fraction of sp³-hybridized carbons (Fsp3) is 0.417. The van der Waals surface area contributed by atoms with Gasteiger partial charge in [-0.2, -0.15) is 0 Å². The Balaban J connectivity index is 2.93. The van der Waals surface area contributed by atoms with Crippen molar-refractivity contribution in [2.75, 3.05) is 12.4 Å². The molecule has 0 aromatic heterocycles. The number of halogens is 3. The second kappa shape index (κ2) is 5.48. The number of alkyl halides is 3. The first kappa shape index (κ1) is 15.3. The van der Waals surface area contributed by atoms with Crippen LogP contribution in [-0.4, -0.2) is 25.0 Å². The first-order chi connectivity index (χ1) is 8.65. The van der Waals surface area contributed by atoms with E-state index in [1.807, 2.05) is 0 Å². The summed E-state index contributed by atoms with van der Waals surface area (Å²) in [7, 11) is 1.33. The molecule has 106 valence electrons. The lowest BCUT2D eigenvalue weighted by Crippen LogP contribution is -2.39. The molecule has 0 atom stereocenters. The third kappa shape index (κ3) is 4.44. The van der Waals surface area contributed by atoms with Crippen LogP contribution in [-0.2, 0) is 9.53 Å². The number of methoxy groups -OCH3 is 1. The van der Waals surface area contributed by atoms with E-state index in [-0.39, 0.29) is 5.69 Å². The van der Waals surface area contributed by atoms with Gasteiger partial charge in [-0.25, -0.2) is 0 Å². The quantitative estimate of drug-likeness (QED) is 0.920. The van der Waals surface area contributed by atoms with E-state index >= 15 is 0 Å². The summed E-state index contributed by atoms with van der Waals surface area (Å²) in [6.07, 6.45) is -4.82. The summed E-state index contributed by atoms with van der Waals surface area (Å²) in [5.41, 5.74) is -1.24. The SMILES string of the molecule is COC(C)(C)C(=O)Nc1ccccc1OC(F)(F)F. The van der Waals surface area contributed by atoms with E-state index in [4.69, 9.17) is 4.74 Å². The summed E-state index contributed by atoms with van der Waals surface area (Å²) < 4.78 is 45.4. The molecule has 0 spiro atoms. The standard InChI is InChI=1S/C12H14F3NO3/c1-11(2,18-3)10(17)16-8-6-4-5-7-9(8)19-12(13,14)15/h4-7H,1-3H3,(H,16,17). The van der Waals surface area contributed by atoms with Gasteiger partial charge < -0.3 is 14.8 Å². The predicted molar refractivity (Wildman–Crippen MR) is 62.8 cm³/mol. The van der Waals surface area contributed by atoms with Gasteiger partial charge in [0.15, 0.2) is 5.75 Å². The Bertz CT molecular complexity index is 458. The Morgan fingerprint density at radius 3 is 2.32 bits per heavy atom. The first-order valence-corrected chi connectivity index (χ1v) is 5.37. The number of amides is 1. The van der Waals surface area contributed by atoms with Crippen molar-refractivity contribution >= 4 is 11.6 Å². The zero-order chi connectivity index (χ0) is 14.7. The van der Waals surface area contributed by atoms with Crippen molar-refractivity contribution in [3.8, 4) is 5.75 Å². The second-order valence-electron chi connectivity index (χ2n) is 4.21. The zero-order valence-corrected chi connectivity index (χ0v) is 10.7. The predicted octanol–water partition coefficient (Wildman–Crippen LogP) is 2.95. The van der Waals surface area contributed by atoms with Gasteiger partial charge in [0.05, 0.1) is 5.69 Å². The molecule has 19 heavy (non-hydrogen) atoms. The second-order valence-corrected chi connectivity index (χ2v) is 4.21. The van der Waals surface area contributed by atoms with Crippen LogP contribution < -0.4 is 10.1 Å². The molecular weight excluding hydrogens is 263 g/mol. The van der Waals surface area contributed by atoms with Gasteiger partial charge in [-0.15, -0.1) is 13.2 Å².